The molecule has 1 saturated carbocycles. The van der Waals surface area contributed by atoms with Crippen molar-refractivity contribution in [2.45, 2.75) is 57.1 Å². The first-order valence-corrected chi connectivity index (χ1v) is 12.0. The minimum atomic E-state index is -0.138. The molecule has 1 aromatic carbocycles. The van der Waals surface area contributed by atoms with E-state index in [0.29, 0.717) is 37.2 Å². The maximum atomic E-state index is 14.0. The highest BCUT2D eigenvalue weighted by molar-refractivity contribution is 5.92. The Bertz CT molecular complexity index is 915. The summed E-state index contributed by atoms with van der Waals surface area (Å²) in [4.78, 5) is 17.5. The maximum absolute atomic E-state index is 14.0. The van der Waals surface area contributed by atoms with Crippen LogP contribution in [0.1, 0.15) is 66.3 Å². The van der Waals surface area contributed by atoms with E-state index in [4.69, 9.17) is 9.26 Å². The van der Waals surface area contributed by atoms with E-state index < -0.39 is 0 Å². The molecule has 2 aromatic rings. The molecule has 1 aromatic heterocycles. The molecule has 172 valence electrons. The molecule has 0 N–H and O–H groups in total. The Hall–Kier alpha value is -2.25. The van der Waals surface area contributed by atoms with E-state index in [1.807, 2.05) is 23.1 Å². The van der Waals surface area contributed by atoms with E-state index in [2.05, 4.69) is 10.1 Å². The molecule has 0 radical (unpaired) electrons. The van der Waals surface area contributed by atoms with Crippen molar-refractivity contribution < 1.29 is 18.4 Å². The van der Waals surface area contributed by atoms with E-state index in [1.165, 1.54) is 6.07 Å². The van der Waals surface area contributed by atoms with Crippen LogP contribution in [0.15, 0.2) is 34.9 Å². The van der Waals surface area contributed by atoms with Crippen LogP contribution in [0.25, 0.3) is 0 Å². The number of benzene rings is 1. The third-order valence-electron chi connectivity index (χ3n) is 7.00. The lowest BCUT2D eigenvalue weighted by molar-refractivity contribution is 0.0437. The van der Waals surface area contributed by atoms with Gasteiger partial charge < -0.3 is 14.2 Å². The van der Waals surface area contributed by atoms with Crippen molar-refractivity contribution in [3.63, 3.8) is 0 Å². The summed E-state index contributed by atoms with van der Waals surface area (Å²) >= 11 is 0. The average molecular weight is 442 g/mol. The van der Waals surface area contributed by atoms with Crippen LogP contribution in [0.3, 0.4) is 0 Å². The lowest BCUT2D eigenvalue weighted by Crippen LogP contribution is -2.43. The fourth-order valence-corrected chi connectivity index (χ4v) is 4.89. The van der Waals surface area contributed by atoms with Crippen LogP contribution >= 0.6 is 0 Å². The summed E-state index contributed by atoms with van der Waals surface area (Å²) in [5.74, 6) is 1.51. The van der Waals surface area contributed by atoms with Gasteiger partial charge in [0.1, 0.15) is 11.6 Å². The Morgan fingerprint density at radius 3 is 2.66 bits per heavy atom. The minimum Gasteiger partial charge on any atom is -0.376 e. The summed E-state index contributed by atoms with van der Waals surface area (Å²) in [6, 6.07) is 8.83. The molecule has 7 heteroatoms. The molecule has 2 aliphatic heterocycles. The number of ether oxygens (including phenoxy) is 1. The number of hydrogen-bond donors (Lipinski definition) is 0. The third-order valence-corrected chi connectivity index (χ3v) is 7.00. The molecule has 3 aliphatic rings. The van der Waals surface area contributed by atoms with Gasteiger partial charge in [-0.15, -0.1) is 0 Å². The summed E-state index contributed by atoms with van der Waals surface area (Å²) in [7, 11) is 0. The molecular weight excluding hydrogens is 409 g/mol. The lowest BCUT2D eigenvalue weighted by Gasteiger charge is -2.35. The van der Waals surface area contributed by atoms with Gasteiger partial charge in [0.2, 0.25) is 0 Å². The SMILES string of the molecule is O=C(c1cc(C2CC2)on1)N(CC1CCN(Cc2ccccc2F)CC1)CC1CCCO1. The number of amides is 1. The van der Waals surface area contributed by atoms with Gasteiger partial charge in [-0.05, 0) is 63.6 Å². The van der Waals surface area contributed by atoms with Crippen LogP contribution in [0.5, 0.6) is 0 Å². The smallest absolute Gasteiger partial charge is 0.276 e. The predicted molar refractivity (Wildman–Crippen MR) is 118 cm³/mol. The standard InChI is InChI=1S/C25H32FN3O3/c26-22-6-2-1-4-20(22)16-28-11-9-18(10-12-28)15-29(17-21-5-3-13-31-21)25(30)23-14-24(32-27-23)19-7-8-19/h1-2,4,6,14,18-19,21H,3,5,7-13,15-17H2. The number of aromatic nitrogens is 1. The average Bonchev–Trinajstić information content (AvgIpc) is 3.31. The molecule has 1 amide bonds. The second-order valence-electron chi connectivity index (χ2n) is 9.54. The number of carbonyl (C=O) groups is 1. The Balaban J connectivity index is 1.19. The summed E-state index contributed by atoms with van der Waals surface area (Å²) in [6.07, 6.45) is 6.39. The highest BCUT2D eigenvalue weighted by Crippen LogP contribution is 2.40. The van der Waals surface area contributed by atoms with Gasteiger partial charge in [0.15, 0.2) is 5.69 Å². The molecule has 32 heavy (non-hydrogen) atoms. The fraction of sp³-hybridized carbons (Fsp3) is 0.600. The Kier molecular flexibility index (Phi) is 6.55. The molecule has 3 fully saturated rings. The Labute approximate surface area is 188 Å². The van der Waals surface area contributed by atoms with Crippen LogP contribution in [-0.4, -0.2) is 59.8 Å². The topological polar surface area (TPSA) is 58.8 Å². The quantitative estimate of drug-likeness (QED) is 0.614. The number of nitrogens with zero attached hydrogens (tertiary/aromatic N) is 3. The van der Waals surface area contributed by atoms with Crippen LogP contribution in [-0.2, 0) is 11.3 Å². The molecule has 1 aliphatic carbocycles. The summed E-state index contributed by atoms with van der Waals surface area (Å²) in [6.45, 7) is 4.56. The van der Waals surface area contributed by atoms with E-state index in [9.17, 15) is 9.18 Å². The normalized spacial score (nSPS) is 22.3. The molecule has 3 heterocycles. The van der Waals surface area contributed by atoms with E-state index in [1.54, 1.807) is 6.07 Å². The van der Waals surface area contributed by atoms with Crippen LogP contribution in [0.4, 0.5) is 4.39 Å². The largest absolute Gasteiger partial charge is 0.376 e. The number of piperidine rings is 1. The van der Waals surface area contributed by atoms with Crippen molar-refractivity contribution in [3.05, 3.63) is 53.2 Å². The Morgan fingerprint density at radius 1 is 1.12 bits per heavy atom. The number of carbonyl (C=O) groups excluding carboxylic acids is 1. The van der Waals surface area contributed by atoms with Crippen LogP contribution < -0.4 is 0 Å². The summed E-state index contributed by atoms with van der Waals surface area (Å²) < 4.78 is 25.3. The van der Waals surface area contributed by atoms with Crippen molar-refractivity contribution in [2.75, 3.05) is 32.8 Å². The second kappa shape index (κ2) is 9.71. The van der Waals surface area contributed by atoms with Gasteiger partial charge in [0.05, 0.1) is 6.10 Å². The highest BCUT2D eigenvalue weighted by Gasteiger charge is 2.32. The molecule has 2 saturated heterocycles. The number of rotatable bonds is 8. The van der Waals surface area contributed by atoms with Crippen LogP contribution in [0.2, 0.25) is 0 Å². The third kappa shape index (κ3) is 5.21. The van der Waals surface area contributed by atoms with Gasteiger partial charge in [-0.1, -0.05) is 23.4 Å². The van der Waals surface area contributed by atoms with Crippen molar-refractivity contribution in [1.29, 1.82) is 0 Å². The zero-order valence-corrected chi connectivity index (χ0v) is 18.5. The molecule has 1 atom stereocenters. The van der Waals surface area contributed by atoms with E-state index in [0.717, 1.165) is 69.5 Å². The number of halogens is 1. The minimum absolute atomic E-state index is 0.0510. The van der Waals surface area contributed by atoms with Gasteiger partial charge >= 0.3 is 0 Å². The molecule has 0 spiro atoms. The first-order valence-electron chi connectivity index (χ1n) is 12.0. The number of hydrogen-bond acceptors (Lipinski definition) is 5. The highest BCUT2D eigenvalue weighted by atomic mass is 19.1. The fourth-order valence-electron chi connectivity index (χ4n) is 4.89. The molecule has 0 bridgehead atoms. The molecule has 1 unspecified atom stereocenters. The predicted octanol–water partition coefficient (Wildman–Crippen LogP) is 4.22. The number of likely N-dealkylation sites (tertiary alicyclic amines) is 1. The molecular formula is C25H32FN3O3. The van der Waals surface area contributed by atoms with Crippen molar-refractivity contribution >= 4 is 5.91 Å². The van der Waals surface area contributed by atoms with Crippen molar-refractivity contribution in [1.82, 2.24) is 15.0 Å². The summed E-state index contributed by atoms with van der Waals surface area (Å²) in [5.41, 5.74) is 1.17. The molecule has 6 nitrogen and oxygen atoms in total. The van der Waals surface area contributed by atoms with Gasteiger partial charge in [0, 0.05) is 43.8 Å². The van der Waals surface area contributed by atoms with Gasteiger partial charge in [-0.25, -0.2) is 4.39 Å². The van der Waals surface area contributed by atoms with E-state index in [-0.39, 0.29) is 17.8 Å². The van der Waals surface area contributed by atoms with E-state index >= 15 is 0 Å². The Morgan fingerprint density at radius 2 is 1.94 bits per heavy atom. The maximum Gasteiger partial charge on any atom is 0.276 e. The monoisotopic (exact) mass is 441 g/mol. The second-order valence-corrected chi connectivity index (χ2v) is 9.54. The first kappa shape index (κ1) is 21.6. The zero-order valence-electron chi connectivity index (χ0n) is 18.5. The molecule has 5 rings (SSSR count). The first-order chi connectivity index (χ1) is 15.7. The van der Waals surface area contributed by atoms with Crippen LogP contribution in [0, 0.1) is 11.7 Å². The van der Waals surface area contributed by atoms with Gasteiger partial charge in [-0.2, -0.15) is 0 Å². The van der Waals surface area contributed by atoms with Crippen molar-refractivity contribution in [3.8, 4) is 0 Å². The lowest BCUT2D eigenvalue weighted by atomic mass is 9.95. The summed E-state index contributed by atoms with van der Waals surface area (Å²) in [5, 5.41) is 4.08. The zero-order chi connectivity index (χ0) is 21.9. The van der Waals surface area contributed by atoms with Crippen molar-refractivity contribution in [2.24, 2.45) is 5.92 Å². The van der Waals surface area contributed by atoms with Gasteiger partial charge in [0.25, 0.3) is 5.91 Å². The van der Waals surface area contributed by atoms with Gasteiger partial charge in [-0.3, -0.25) is 9.69 Å².